The molecule has 4 unspecified atom stereocenters. The molecule has 108 valence electrons. The molecule has 0 aromatic rings. The number of nitrogens with two attached hydrogens (primary N) is 1. The molecule has 19 heavy (non-hydrogen) atoms. The smallest absolute Gasteiger partial charge is 0.227 e. The van der Waals surface area contributed by atoms with E-state index in [0.29, 0.717) is 11.9 Å². The van der Waals surface area contributed by atoms with Gasteiger partial charge in [-0.3, -0.25) is 4.79 Å². The molecule has 2 aliphatic carbocycles. The van der Waals surface area contributed by atoms with Crippen molar-refractivity contribution in [3.8, 4) is 0 Å². The van der Waals surface area contributed by atoms with Crippen LogP contribution >= 0.6 is 0 Å². The van der Waals surface area contributed by atoms with Gasteiger partial charge in [0.25, 0.3) is 0 Å². The summed E-state index contributed by atoms with van der Waals surface area (Å²) in [4.78, 5) is 15.1. The van der Waals surface area contributed by atoms with Crippen LogP contribution in [0.4, 0.5) is 0 Å². The number of carbonyl (C=O) groups is 1. The summed E-state index contributed by atoms with van der Waals surface area (Å²) in [5.41, 5.74) is 6.27. The number of hydrogen-bond donors (Lipinski definition) is 1. The van der Waals surface area contributed by atoms with E-state index in [4.69, 9.17) is 5.73 Å². The fourth-order valence-electron chi connectivity index (χ4n) is 4.54. The van der Waals surface area contributed by atoms with Crippen molar-refractivity contribution in [1.82, 2.24) is 4.90 Å². The van der Waals surface area contributed by atoms with Crippen LogP contribution in [-0.4, -0.2) is 29.4 Å². The summed E-state index contributed by atoms with van der Waals surface area (Å²) >= 11 is 0. The Bertz CT molecular complexity index is 331. The molecule has 1 saturated heterocycles. The van der Waals surface area contributed by atoms with Crippen molar-refractivity contribution < 1.29 is 4.79 Å². The molecule has 4 atom stereocenters. The summed E-state index contributed by atoms with van der Waals surface area (Å²) in [7, 11) is 0. The third-order valence-corrected chi connectivity index (χ3v) is 5.68. The number of nitrogens with zero attached hydrogens (tertiary/aromatic N) is 1. The van der Waals surface area contributed by atoms with Gasteiger partial charge < -0.3 is 10.6 Å². The highest BCUT2D eigenvalue weighted by Gasteiger charge is 2.41. The van der Waals surface area contributed by atoms with Crippen molar-refractivity contribution in [2.75, 3.05) is 6.54 Å². The molecule has 0 aromatic heterocycles. The van der Waals surface area contributed by atoms with Crippen LogP contribution < -0.4 is 5.73 Å². The molecule has 0 spiro atoms. The lowest BCUT2D eigenvalue weighted by atomic mass is 9.84. The van der Waals surface area contributed by atoms with Gasteiger partial charge >= 0.3 is 0 Å². The Labute approximate surface area is 116 Å². The van der Waals surface area contributed by atoms with Gasteiger partial charge in [-0.2, -0.15) is 0 Å². The van der Waals surface area contributed by atoms with Crippen LogP contribution in [0.1, 0.15) is 64.2 Å². The topological polar surface area (TPSA) is 46.3 Å². The quantitative estimate of drug-likeness (QED) is 0.740. The van der Waals surface area contributed by atoms with Gasteiger partial charge in [0.05, 0.1) is 5.92 Å². The summed E-state index contributed by atoms with van der Waals surface area (Å²) in [5, 5.41) is 0. The molecular weight excluding hydrogens is 236 g/mol. The zero-order chi connectivity index (χ0) is 13.2. The van der Waals surface area contributed by atoms with Gasteiger partial charge in [-0.15, -0.1) is 0 Å². The molecule has 2 N–H and O–H groups in total. The van der Waals surface area contributed by atoms with Gasteiger partial charge in [0.15, 0.2) is 0 Å². The second-order valence-corrected chi connectivity index (χ2v) is 6.84. The van der Waals surface area contributed by atoms with Gasteiger partial charge in [-0.1, -0.05) is 32.1 Å². The SMILES string of the molecule is NC1CCCCCC1C(=O)N1CCC2CCCCC21. The molecule has 1 amide bonds. The molecule has 3 fully saturated rings. The molecule has 0 bridgehead atoms. The Morgan fingerprint density at radius 1 is 0.895 bits per heavy atom. The average molecular weight is 264 g/mol. The van der Waals surface area contributed by atoms with Crippen molar-refractivity contribution >= 4 is 5.91 Å². The summed E-state index contributed by atoms with van der Waals surface area (Å²) in [6.45, 7) is 0.997. The summed E-state index contributed by atoms with van der Waals surface area (Å²) in [5.74, 6) is 1.30. The van der Waals surface area contributed by atoms with Crippen molar-refractivity contribution in [3.63, 3.8) is 0 Å². The monoisotopic (exact) mass is 264 g/mol. The largest absolute Gasteiger partial charge is 0.339 e. The number of amides is 1. The van der Waals surface area contributed by atoms with Gasteiger partial charge in [-0.05, 0) is 38.0 Å². The lowest BCUT2D eigenvalue weighted by molar-refractivity contribution is -0.138. The average Bonchev–Trinajstić information content (AvgIpc) is 2.74. The van der Waals surface area contributed by atoms with Gasteiger partial charge in [0, 0.05) is 18.6 Å². The van der Waals surface area contributed by atoms with Crippen LogP contribution in [0.5, 0.6) is 0 Å². The second-order valence-electron chi connectivity index (χ2n) is 6.84. The summed E-state index contributed by atoms with van der Waals surface area (Å²) in [6, 6.07) is 0.661. The van der Waals surface area contributed by atoms with E-state index < -0.39 is 0 Å². The Morgan fingerprint density at radius 2 is 1.63 bits per heavy atom. The molecule has 3 nitrogen and oxygen atoms in total. The van der Waals surface area contributed by atoms with Crippen LogP contribution in [0.2, 0.25) is 0 Å². The lowest BCUT2D eigenvalue weighted by Gasteiger charge is -2.34. The van der Waals surface area contributed by atoms with Crippen LogP contribution in [-0.2, 0) is 4.79 Å². The fraction of sp³-hybridized carbons (Fsp3) is 0.938. The van der Waals surface area contributed by atoms with Gasteiger partial charge in [0.2, 0.25) is 5.91 Å². The Morgan fingerprint density at radius 3 is 2.53 bits per heavy atom. The summed E-state index contributed by atoms with van der Waals surface area (Å²) in [6.07, 6.45) is 12.2. The van der Waals surface area contributed by atoms with E-state index in [1.165, 1.54) is 51.4 Å². The van der Waals surface area contributed by atoms with Crippen molar-refractivity contribution in [2.24, 2.45) is 17.6 Å². The second kappa shape index (κ2) is 5.82. The third kappa shape index (κ3) is 2.67. The normalized spacial score (nSPS) is 39.7. The number of hydrogen-bond acceptors (Lipinski definition) is 2. The number of fused-ring (bicyclic) bond motifs is 1. The molecule has 3 rings (SSSR count). The van der Waals surface area contributed by atoms with E-state index in [1.807, 2.05) is 0 Å². The van der Waals surface area contributed by atoms with Crippen molar-refractivity contribution in [2.45, 2.75) is 76.3 Å². The zero-order valence-electron chi connectivity index (χ0n) is 12.0. The lowest BCUT2D eigenvalue weighted by Crippen LogP contribution is -2.47. The highest BCUT2D eigenvalue weighted by Crippen LogP contribution is 2.38. The minimum atomic E-state index is 0.109. The van der Waals surface area contributed by atoms with E-state index in [-0.39, 0.29) is 12.0 Å². The van der Waals surface area contributed by atoms with Crippen LogP contribution in [0.15, 0.2) is 0 Å². The van der Waals surface area contributed by atoms with Gasteiger partial charge in [0.1, 0.15) is 0 Å². The standard InChI is InChI=1S/C16H28N2O/c17-14-8-3-1-2-7-13(14)16(19)18-11-10-12-6-4-5-9-15(12)18/h12-15H,1-11,17H2. The zero-order valence-corrected chi connectivity index (χ0v) is 12.0. The van der Waals surface area contributed by atoms with E-state index >= 15 is 0 Å². The first-order valence-corrected chi connectivity index (χ1v) is 8.33. The number of carbonyl (C=O) groups excluding carboxylic acids is 1. The van der Waals surface area contributed by atoms with Crippen LogP contribution in [0.3, 0.4) is 0 Å². The Kier molecular flexibility index (Phi) is 4.11. The van der Waals surface area contributed by atoms with Crippen LogP contribution in [0, 0.1) is 11.8 Å². The molecule has 1 heterocycles. The third-order valence-electron chi connectivity index (χ3n) is 5.68. The first-order valence-electron chi connectivity index (χ1n) is 8.33. The van der Waals surface area contributed by atoms with Crippen LogP contribution in [0.25, 0.3) is 0 Å². The molecule has 0 radical (unpaired) electrons. The molecule has 3 aliphatic rings. The maximum absolute atomic E-state index is 12.9. The predicted molar refractivity (Wildman–Crippen MR) is 76.6 cm³/mol. The van der Waals surface area contributed by atoms with E-state index in [2.05, 4.69) is 4.90 Å². The highest BCUT2D eigenvalue weighted by molar-refractivity contribution is 5.80. The molecule has 3 heteroatoms. The number of rotatable bonds is 1. The number of likely N-dealkylation sites (tertiary alicyclic amines) is 1. The first-order chi connectivity index (χ1) is 9.27. The summed E-state index contributed by atoms with van der Waals surface area (Å²) < 4.78 is 0. The molecule has 2 saturated carbocycles. The maximum Gasteiger partial charge on any atom is 0.227 e. The van der Waals surface area contributed by atoms with E-state index in [1.54, 1.807) is 0 Å². The Hall–Kier alpha value is -0.570. The molecule has 1 aliphatic heterocycles. The molecular formula is C16H28N2O. The minimum absolute atomic E-state index is 0.109. The fourth-order valence-corrected chi connectivity index (χ4v) is 4.54. The van der Waals surface area contributed by atoms with E-state index in [0.717, 1.165) is 25.3 Å². The van der Waals surface area contributed by atoms with Crippen molar-refractivity contribution in [1.29, 1.82) is 0 Å². The molecule has 0 aromatic carbocycles. The minimum Gasteiger partial charge on any atom is -0.339 e. The first kappa shape index (κ1) is 13.4. The maximum atomic E-state index is 12.9. The predicted octanol–water partition coefficient (Wildman–Crippen LogP) is 2.69. The van der Waals surface area contributed by atoms with Gasteiger partial charge in [-0.25, -0.2) is 0 Å². The Balaban J connectivity index is 1.68. The highest BCUT2D eigenvalue weighted by atomic mass is 16.2. The van der Waals surface area contributed by atoms with Crippen molar-refractivity contribution in [3.05, 3.63) is 0 Å². The van der Waals surface area contributed by atoms with E-state index in [9.17, 15) is 4.79 Å².